The monoisotopic (exact) mass is 332 g/mol. The third-order valence-corrected chi connectivity index (χ3v) is 3.83. The first-order chi connectivity index (χ1) is 12.2. The minimum atomic E-state index is -0.348. The predicted molar refractivity (Wildman–Crippen MR) is 91.3 cm³/mol. The minimum Gasteiger partial charge on any atom is -0.426 e. The standard InChI is InChI=1S/C19H13FN4O/c20-15-8-6-13(7-9-15)18-17(16-10-11-21-12-22-16)23-19(24(18)25)14-4-2-1-3-5-14/h1-12,25H. The molecule has 4 rings (SSSR count). The van der Waals surface area contributed by atoms with Gasteiger partial charge in [-0.25, -0.2) is 19.3 Å². The molecular weight excluding hydrogens is 319 g/mol. The van der Waals surface area contributed by atoms with Gasteiger partial charge in [-0.3, -0.25) is 0 Å². The molecule has 0 atom stereocenters. The van der Waals surface area contributed by atoms with Crippen molar-refractivity contribution in [1.82, 2.24) is 19.7 Å². The highest BCUT2D eigenvalue weighted by molar-refractivity contribution is 5.80. The van der Waals surface area contributed by atoms with Crippen molar-refractivity contribution in [3.05, 3.63) is 79.0 Å². The Labute approximate surface area is 143 Å². The number of rotatable bonds is 3. The maximum absolute atomic E-state index is 13.3. The summed E-state index contributed by atoms with van der Waals surface area (Å²) in [4.78, 5) is 12.7. The Balaban J connectivity index is 1.97. The summed E-state index contributed by atoms with van der Waals surface area (Å²) in [6.45, 7) is 0. The Morgan fingerprint density at radius 1 is 0.880 bits per heavy atom. The van der Waals surface area contributed by atoms with Crippen molar-refractivity contribution < 1.29 is 9.60 Å². The second kappa shape index (κ2) is 6.16. The van der Waals surface area contributed by atoms with Crippen molar-refractivity contribution in [3.63, 3.8) is 0 Å². The number of nitrogens with zero attached hydrogens (tertiary/aromatic N) is 4. The van der Waals surface area contributed by atoms with E-state index in [2.05, 4.69) is 15.0 Å². The van der Waals surface area contributed by atoms with Gasteiger partial charge in [0.15, 0.2) is 5.82 Å². The summed E-state index contributed by atoms with van der Waals surface area (Å²) in [5.74, 6) is 0.0353. The lowest BCUT2D eigenvalue weighted by atomic mass is 10.1. The lowest BCUT2D eigenvalue weighted by Crippen LogP contribution is -1.97. The van der Waals surface area contributed by atoms with Crippen molar-refractivity contribution in [2.24, 2.45) is 0 Å². The van der Waals surface area contributed by atoms with Gasteiger partial charge in [0.25, 0.3) is 0 Å². The smallest absolute Gasteiger partial charge is 0.176 e. The van der Waals surface area contributed by atoms with Crippen molar-refractivity contribution in [2.75, 3.05) is 0 Å². The molecule has 5 nitrogen and oxygen atoms in total. The molecule has 0 amide bonds. The molecule has 0 aliphatic carbocycles. The van der Waals surface area contributed by atoms with Gasteiger partial charge >= 0.3 is 0 Å². The molecule has 0 aliphatic heterocycles. The Morgan fingerprint density at radius 3 is 2.32 bits per heavy atom. The molecular formula is C19H13FN4O. The lowest BCUT2D eigenvalue weighted by molar-refractivity contribution is 0.195. The average molecular weight is 332 g/mol. The highest BCUT2D eigenvalue weighted by Crippen LogP contribution is 2.34. The van der Waals surface area contributed by atoms with E-state index in [1.54, 1.807) is 24.4 Å². The average Bonchev–Trinajstić information content (AvgIpc) is 3.01. The Morgan fingerprint density at radius 2 is 1.64 bits per heavy atom. The van der Waals surface area contributed by atoms with Gasteiger partial charge in [0, 0.05) is 17.3 Å². The lowest BCUT2D eigenvalue weighted by Gasteiger charge is -2.06. The summed E-state index contributed by atoms with van der Waals surface area (Å²) in [5, 5.41) is 10.8. The van der Waals surface area contributed by atoms with Crippen LogP contribution in [0.25, 0.3) is 34.0 Å². The summed E-state index contributed by atoms with van der Waals surface area (Å²) in [6, 6.07) is 16.9. The normalized spacial score (nSPS) is 10.8. The van der Waals surface area contributed by atoms with Gasteiger partial charge in [0.1, 0.15) is 23.5 Å². The maximum Gasteiger partial charge on any atom is 0.176 e. The molecule has 0 fully saturated rings. The molecule has 2 heterocycles. The molecule has 2 aromatic carbocycles. The third-order valence-electron chi connectivity index (χ3n) is 3.83. The van der Waals surface area contributed by atoms with E-state index in [1.807, 2.05) is 30.3 Å². The van der Waals surface area contributed by atoms with E-state index < -0.39 is 0 Å². The number of aromatic nitrogens is 4. The van der Waals surface area contributed by atoms with E-state index in [0.29, 0.717) is 28.5 Å². The number of halogens is 1. The minimum absolute atomic E-state index is 0.348. The van der Waals surface area contributed by atoms with E-state index in [4.69, 9.17) is 0 Å². The molecule has 2 aromatic heterocycles. The van der Waals surface area contributed by atoms with Gasteiger partial charge < -0.3 is 5.21 Å². The van der Waals surface area contributed by atoms with Gasteiger partial charge in [0.2, 0.25) is 0 Å². The predicted octanol–water partition coefficient (Wildman–Crippen LogP) is 4.05. The molecule has 25 heavy (non-hydrogen) atoms. The van der Waals surface area contributed by atoms with Crippen molar-refractivity contribution in [2.45, 2.75) is 0 Å². The van der Waals surface area contributed by atoms with E-state index in [1.165, 1.54) is 18.5 Å². The van der Waals surface area contributed by atoms with Crippen LogP contribution in [0.15, 0.2) is 73.2 Å². The molecule has 0 radical (unpaired) electrons. The maximum atomic E-state index is 13.3. The molecule has 1 N–H and O–H groups in total. The molecule has 0 spiro atoms. The molecule has 0 bridgehead atoms. The molecule has 0 aliphatic rings. The number of imidazole rings is 1. The molecule has 122 valence electrons. The molecule has 6 heteroatoms. The Hall–Kier alpha value is -3.54. The summed E-state index contributed by atoms with van der Waals surface area (Å²) < 4.78 is 14.3. The van der Waals surface area contributed by atoms with Crippen molar-refractivity contribution >= 4 is 0 Å². The van der Waals surface area contributed by atoms with Gasteiger partial charge in [-0.15, -0.1) is 0 Å². The second-order valence-electron chi connectivity index (χ2n) is 5.41. The molecule has 0 saturated carbocycles. The fraction of sp³-hybridized carbons (Fsp3) is 0. The zero-order valence-corrected chi connectivity index (χ0v) is 13.0. The van der Waals surface area contributed by atoms with Crippen LogP contribution in [0, 0.1) is 5.82 Å². The quantitative estimate of drug-likeness (QED) is 0.575. The molecule has 0 saturated heterocycles. The number of hydrogen-bond acceptors (Lipinski definition) is 4. The van der Waals surface area contributed by atoms with Crippen LogP contribution in [-0.2, 0) is 0 Å². The Bertz CT molecular complexity index is 999. The second-order valence-corrected chi connectivity index (χ2v) is 5.41. The first-order valence-corrected chi connectivity index (χ1v) is 7.64. The number of hydrogen-bond donors (Lipinski definition) is 1. The van der Waals surface area contributed by atoms with Crippen LogP contribution >= 0.6 is 0 Å². The zero-order valence-electron chi connectivity index (χ0n) is 13.0. The van der Waals surface area contributed by atoms with Crippen LogP contribution in [0.4, 0.5) is 4.39 Å². The van der Waals surface area contributed by atoms with E-state index in [9.17, 15) is 9.60 Å². The highest BCUT2D eigenvalue weighted by Gasteiger charge is 2.21. The largest absolute Gasteiger partial charge is 0.426 e. The van der Waals surface area contributed by atoms with Crippen molar-refractivity contribution in [3.8, 4) is 34.0 Å². The third kappa shape index (κ3) is 2.74. The fourth-order valence-corrected chi connectivity index (χ4v) is 2.66. The van der Waals surface area contributed by atoms with Crippen LogP contribution < -0.4 is 0 Å². The first-order valence-electron chi connectivity index (χ1n) is 7.64. The van der Waals surface area contributed by atoms with Gasteiger partial charge in [-0.2, -0.15) is 4.73 Å². The number of benzene rings is 2. The van der Waals surface area contributed by atoms with Gasteiger partial charge in [0.05, 0.1) is 5.69 Å². The first kappa shape index (κ1) is 15.0. The van der Waals surface area contributed by atoms with Crippen LogP contribution in [0.5, 0.6) is 0 Å². The van der Waals surface area contributed by atoms with Gasteiger partial charge in [-0.1, -0.05) is 30.3 Å². The van der Waals surface area contributed by atoms with Gasteiger partial charge in [-0.05, 0) is 30.3 Å². The van der Waals surface area contributed by atoms with E-state index >= 15 is 0 Å². The molecule has 0 unspecified atom stereocenters. The fourth-order valence-electron chi connectivity index (χ4n) is 2.66. The zero-order chi connectivity index (χ0) is 17.2. The van der Waals surface area contributed by atoms with Crippen LogP contribution in [-0.4, -0.2) is 24.9 Å². The van der Waals surface area contributed by atoms with E-state index in [-0.39, 0.29) is 5.82 Å². The van der Waals surface area contributed by atoms with E-state index in [0.717, 1.165) is 10.3 Å². The summed E-state index contributed by atoms with van der Waals surface area (Å²) in [7, 11) is 0. The van der Waals surface area contributed by atoms with Crippen LogP contribution in [0.3, 0.4) is 0 Å². The summed E-state index contributed by atoms with van der Waals surface area (Å²) in [5.41, 5.74) is 2.90. The topological polar surface area (TPSA) is 63.8 Å². The van der Waals surface area contributed by atoms with Crippen LogP contribution in [0.1, 0.15) is 0 Å². The van der Waals surface area contributed by atoms with Crippen molar-refractivity contribution in [1.29, 1.82) is 0 Å². The SMILES string of the molecule is On1c(-c2ccccc2)nc(-c2ccncn2)c1-c1ccc(F)cc1. The summed E-state index contributed by atoms with van der Waals surface area (Å²) in [6.07, 6.45) is 3.03. The summed E-state index contributed by atoms with van der Waals surface area (Å²) >= 11 is 0. The highest BCUT2D eigenvalue weighted by atomic mass is 19.1. The van der Waals surface area contributed by atoms with Crippen LogP contribution in [0.2, 0.25) is 0 Å². The molecule has 4 aromatic rings. The Kier molecular flexibility index (Phi) is 3.70.